The van der Waals surface area contributed by atoms with Crippen molar-refractivity contribution in [2.45, 2.75) is 0 Å². The van der Waals surface area contributed by atoms with Crippen LogP contribution in [-0.4, -0.2) is 25.2 Å². The Labute approximate surface area is 83.2 Å². The van der Waals surface area contributed by atoms with Crippen molar-refractivity contribution in [2.75, 3.05) is 6.54 Å². The van der Waals surface area contributed by atoms with Crippen LogP contribution in [0.3, 0.4) is 0 Å². The maximum absolute atomic E-state index is 3.91. The van der Waals surface area contributed by atoms with Crippen LogP contribution in [0.2, 0.25) is 0 Å². The van der Waals surface area contributed by atoms with E-state index in [0.717, 1.165) is 0 Å². The molecule has 1 N–H and O–H groups in total. The fourth-order valence-corrected chi connectivity index (χ4v) is 0.707. The molecular formula is C10H12N4. The largest absolute Gasteiger partial charge is 0.287 e. The molecule has 0 aromatic heterocycles. The van der Waals surface area contributed by atoms with E-state index in [4.69, 9.17) is 0 Å². The van der Waals surface area contributed by atoms with Crippen LogP contribution in [0.4, 0.5) is 0 Å². The lowest BCUT2D eigenvalue weighted by atomic mass is 10.5. The van der Waals surface area contributed by atoms with E-state index in [1.165, 1.54) is 0 Å². The van der Waals surface area contributed by atoms with Crippen molar-refractivity contribution in [2.24, 2.45) is 15.1 Å². The summed E-state index contributed by atoms with van der Waals surface area (Å²) < 4.78 is 0. The fourth-order valence-electron chi connectivity index (χ4n) is 0.707. The lowest BCUT2D eigenvalue weighted by Crippen LogP contribution is -1.89. The molecule has 72 valence electrons. The molecule has 0 spiro atoms. The Bertz CT molecular complexity index is 248. The highest BCUT2D eigenvalue weighted by Gasteiger charge is 1.71. The minimum Gasteiger partial charge on any atom is -0.287 e. The van der Waals surface area contributed by atoms with Gasteiger partial charge in [-0.1, -0.05) is 6.08 Å². The van der Waals surface area contributed by atoms with Crippen molar-refractivity contribution in [3.63, 3.8) is 0 Å². The van der Waals surface area contributed by atoms with Crippen LogP contribution in [0.5, 0.6) is 0 Å². The molecule has 2 aliphatic heterocycles. The van der Waals surface area contributed by atoms with Gasteiger partial charge in [-0.25, -0.2) is 0 Å². The highest BCUT2D eigenvalue weighted by molar-refractivity contribution is 5.75. The molecule has 4 nitrogen and oxygen atoms in total. The first-order chi connectivity index (χ1) is 7.00. The third-order valence-corrected chi connectivity index (χ3v) is 1.28. The number of allylic oxidation sites excluding steroid dienone is 4. The molecule has 0 unspecified atom stereocenters. The Morgan fingerprint density at radius 2 is 2.00 bits per heavy atom. The summed E-state index contributed by atoms with van der Waals surface area (Å²) in [6.07, 6.45) is 16.1. The summed E-state index contributed by atoms with van der Waals surface area (Å²) in [7, 11) is 0. The maximum atomic E-state index is 3.91. The van der Waals surface area contributed by atoms with Crippen molar-refractivity contribution in [1.82, 2.24) is 5.43 Å². The zero-order valence-electron chi connectivity index (χ0n) is 7.74. The number of nitrogens with zero attached hydrogens (tertiary/aromatic N) is 3. The highest BCUT2D eigenvalue weighted by atomic mass is 15.3. The fraction of sp³-hybridized carbons (Fsp3) is 0.100. The molecule has 0 aliphatic carbocycles. The second kappa shape index (κ2) is 7.67. The average Bonchev–Trinajstić information content (AvgIpc) is 2.68. The van der Waals surface area contributed by atoms with Gasteiger partial charge in [0.25, 0.3) is 0 Å². The molecule has 2 aliphatic rings. The first kappa shape index (κ1) is 10.1. The Morgan fingerprint density at radius 1 is 1.00 bits per heavy atom. The van der Waals surface area contributed by atoms with E-state index in [0.29, 0.717) is 6.54 Å². The lowest BCUT2D eigenvalue weighted by Gasteiger charge is -1.78. The van der Waals surface area contributed by atoms with Crippen LogP contribution >= 0.6 is 0 Å². The van der Waals surface area contributed by atoms with Crippen molar-refractivity contribution in [3.8, 4) is 0 Å². The summed E-state index contributed by atoms with van der Waals surface area (Å²) in [5, 5.41) is 3.72. The van der Waals surface area contributed by atoms with Gasteiger partial charge in [-0.2, -0.15) is 5.10 Å². The number of hydrogen-bond acceptors (Lipinski definition) is 4. The molecule has 2 heterocycles. The van der Waals surface area contributed by atoms with Gasteiger partial charge in [0.2, 0.25) is 0 Å². The predicted molar refractivity (Wildman–Crippen MR) is 60.9 cm³/mol. The van der Waals surface area contributed by atoms with Gasteiger partial charge in [-0.3, -0.25) is 15.4 Å². The minimum absolute atomic E-state index is 0.715. The molecule has 2 rings (SSSR count). The molecule has 0 fully saturated rings. The Balaban J connectivity index is 0.000000140. The molecule has 14 heavy (non-hydrogen) atoms. The van der Waals surface area contributed by atoms with Crippen LogP contribution in [0.25, 0.3) is 0 Å². The molecule has 4 heteroatoms. The first-order valence-corrected chi connectivity index (χ1v) is 4.27. The summed E-state index contributed by atoms with van der Waals surface area (Å²) in [5.41, 5.74) is 2.67. The number of aliphatic imine (C=N–C) groups is 2. The van der Waals surface area contributed by atoms with Gasteiger partial charge >= 0.3 is 0 Å². The zero-order chi connectivity index (χ0) is 9.90. The highest BCUT2D eigenvalue weighted by Crippen LogP contribution is 1.77. The summed E-state index contributed by atoms with van der Waals surface area (Å²) in [6, 6.07) is 0. The van der Waals surface area contributed by atoms with Crippen LogP contribution in [-0.2, 0) is 0 Å². The Morgan fingerprint density at radius 3 is 3.00 bits per heavy atom. The molecule has 0 saturated heterocycles. The normalized spacial score (nSPS) is 16.6. The topological polar surface area (TPSA) is 49.1 Å². The predicted octanol–water partition coefficient (Wildman–Crippen LogP) is 1.30. The van der Waals surface area contributed by atoms with Crippen molar-refractivity contribution >= 4 is 18.6 Å². The number of nitrogens with one attached hydrogen (secondary N) is 1. The summed E-state index contributed by atoms with van der Waals surface area (Å²) in [4.78, 5) is 7.75. The monoisotopic (exact) mass is 188 g/mol. The van der Waals surface area contributed by atoms with Crippen LogP contribution in [0, 0.1) is 0 Å². The lowest BCUT2D eigenvalue weighted by molar-refractivity contribution is 0.980. The van der Waals surface area contributed by atoms with Crippen LogP contribution < -0.4 is 5.43 Å². The Kier molecular flexibility index (Phi) is 5.54. The molecule has 0 aromatic rings. The third kappa shape index (κ3) is 5.65. The summed E-state index contributed by atoms with van der Waals surface area (Å²) in [6.45, 7) is 0.715. The zero-order valence-corrected chi connectivity index (χ0v) is 7.74. The van der Waals surface area contributed by atoms with Crippen molar-refractivity contribution in [1.29, 1.82) is 0 Å². The third-order valence-electron chi connectivity index (χ3n) is 1.28. The molecule has 0 bridgehead atoms. The first-order valence-electron chi connectivity index (χ1n) is 4.27. The van der Waals surface area contributed by atoms with E-state index < -0.39 is 0 Å². The quantitative estimate of drug-likeness (QED) is 0.612. The molecule has 0 radical (unpaired) electrons. The molecular weight excluding hydrogens is 176 g/mol. The van der Waals surface area contributed by atoms with E-state index in [1.807, 2.05) is 24.3 Å². The van der Waals surface area contributed by atoms with E-state index in [1.54, 1.807) is 31.0 Å². The van der Waals surface area contributed by atoms with Gasteiger partial charge in [-0.15, -0.1) is 0 Å². The number of rotatable bonds is 0. The van der Waals surface area contributed by atoms with Gasteiger partial charge in [0, 0.05) is 31.0 Å². The maximum Gasteiger partial charge on any atom is 0.0742 e. The molecule has 0 saturated carbocycles. The molecule has 0 amide bonds. The van der Waals surface area contributed by atoms with E-state index >= 15 is 0 Å². The van der Waals surface area contributed by atoms with Gasteiger partial charge < -0.3 is 0 Å². The van der Waals surface area contributed by atoms with E-state index in [-0.39, 0.29) is 0 Å². The summed E-state index contributed by atoms with van der Waals surface area (Å²) in [5.74, 6) is 0. The van der Waals surface area contributed by atoms with Gasteiger partial charge in [0.15, 0.2) is 0 Å². The molecule has 0 aromatic carbocycles. The smallest absolute Gasteiger partial charge is 0.0742 e. The standard InChI is InChI=1S/2C5H6N2/c1-2-6-4-5-7-3-1;1-2-4-6-7-5-3-1/h1-4H,5H2;1-6H. The second-order valence-corrected chi connectivity index (χ2v) is 2.34. The number of hydrazone groups is 1. The average molecular weight is 188 g/mol. The number of hydrogen-bond donors (Lipinski definition) is 1. The van der Waals surface area contributed by atoms with Gasteiger partial charge in [0.1, 0.15) is 0 Å². The summed E-state index contributed by atoms with van der Waals surface area (Å²) >= 11 is 0. The molecule has 0 atom stereocenters. The second-order valence-electron chi connectivity index (χ2n) is 2.34. The van der Waals surface area contributed by atoms with Gasteiger partial charge in [-0.05, 0) is 18.2 Å². The van der Waals surface area contributed by atoms with Gasteiger partial charge in [0.05, 0.1) is 6.54 Å². The van der Waals surface area contributed by atoms with Crippen LogP contribution in [0.15, 0.2) is 51.8 Å². The Hall–Kier alpha value is -1.97. The van der Waals surface area contributed by atoms with Crippen molar-refractivity contribution < 1.29 is 0 Å². The minimum atomic E-state index is 0.715. The van der Waals surface area contributed by atoms with Crippen molar-refractivity contribution in [3.05, 3.63) is 36.7 Å². The van der Waals surface area contributed by atoms with E-state index in [9.17, 15) is 0 Å². The SMILES string of the molecule is C1=CC=NNC=C1.C1=CN=CCN=C1. The van der Waals surface area contributed by atoms with Crippen LogP contribution in [0.1, 0.15) is 0 Å². The van der Waals surface area contributed by atoms with E-state index in [2.05, 4.69) is 20.5 Å².